The molecule has 0 spiro atoms. The van der Waals surface area contributed by atoms with Crippen LogP contribution < -0.4 is 0 Å². The summed E-state index contributed by atoms with van der Waals surface area (Å²) in [4.78, 5) is 13.9. The molecule has 0 unspecified atom stereocenters. The highest BCUT2D eigenvalue weighted by molar-refractivity contribution is 9.10. The van der Waals surface area contributed by atoms with Gasteiger partial charge in [-0.25, -0.2) is 8.78 Å². The average molecular weight is 358 g/mol. The SMILES string of the molecule is Cn1nc(Br)c2ccc(C(=O)N3CCC(F)(F)CC3)cc21. The molecule has 0 atom stereocenters. The third-order valence-corrected chi connectivity index (χ3v) is 4.42. The van der Waals surface area contributed by atoms with E-state index < -0.39 is 5.92 Å². The van der Waals surface area contributed by atoms with E-state index in [9.17, 15) is 13.6 Å². The molecule has 1 aliphatic rings. The number of likely N-dealkylation sites (tertiary alicyclic amines) is 1. The number of benzene rings is 1. The van der Waals surface area contributed by atoms with E-state index in [2.05, 4.69) is 21.0 Å². The van der Waals surface area contributed by atoms with Crippen molar-refractivity contribution in [2.75, 3.05) is 13.1 Å². The molecule has 1 aromatic carbocycles. The molecular formula is C14H14BrF2N3O. The maximum Gasteiger partial charge on any atom is 0.253 e. The van der Waals surface area contributed by atoms with Crippen LogP contribution in [0.15, 0.2) is 22.8 Å². The van der Waals surface area contributed by atoms with E-state index in [0.717, 1.165) is 15.5 Å². The average Bonchev–Trinajstić information content (AvgIpc) is 2.73. The Morgan fingerprint density at radius 1 is 1.33 bits per heavy atom. The van der Waals surface area contributed by atoms with Crippen molar-refractivity contribution in [3.05, 3.63) is 28.4 Å². The minimum Gasteiger partial charge on any atom is -0.338 e. The summed E-state index contributed by atoms with van der Waals surface area (Å²) >= 11 is 3.36. The zero-order valence-electron chi connectivity index (χ0n) is 11.4. The van der Waals surface area contributed by atoms with Gasteiger partial charge in [0.15, 0.2) is 0 Å². The van der Waals surface area contributed by atoms with Gasteiger partial charge in [-0.05, 0) is 34.1 Å². The summed E-state index contributed by atoms with van der Waals surface area (Å²) in [6, 6.07) is 5.28. The minimum atomic E-state index is -2.65. The molecule has 3 rings (SSSR count). The molecule has 0 aliphatic carbocycles. The Labute approximate surface area is 128 Å². The third-order valence-electron chi connectivity index (χ3n) is 3.84. The molecule has 7 heteroatoms. The van der Waals surface area contributed by atoms with E-state index in [1.807, 2.05) is 6.07 Å². The van der Waals surface area contributed by atoms with E-state index in [-0.39, 0.29) is 31.8 Å². The lowest BCUT2D eigenvalue weighted by Gasteiger charge is -2.31. The number of rotatable bonds is 1. The molecule has 1 aromatic heterocycles. The molecular weight excluding hydrogens is 344 g/mol. The zero-order chi connectivity index (χ0) is 15.2. The molecule has 1 saturated heterocycles. The summed E-state index contributed by atoms with van der Waals surface area (Å²) in [5.41, 5.74) is 1.33. The number of hydrogen-bond acceptors (Lipinski definition) is 2. The molecule has 1 amide bonds. The first-order valence-electron chi connectivity index (χ1n) is 6.67. The van der Waals surface area contributed by atoms with E-state index in [4.69, 9.17) is 0 Å². The lowest BCUT2D eigenvalue weighted by Crippen LogP contribution is -2.42. The molecule has 0 bridgehead atoms. The maximum absolute atomic E-state index is 13.2. The van der Waals surface area contributed by atoms with E-state index in [1.165, 1.54) is 4.90 Å². The van der Waals surface area contributed by atoms with Gasteiger partial charge in [-0.1, -0.05) is 0 Å². The molecule has 0 radical (unpaired) electrons. The highest BCUT2D eigenvalue weighted by atomic mass is 79.9. The van der Waals surface area contributed by atoms with Crippen molar-refractivity contribution in [2.45, 2.75) is 18.8 Å². The summed E-state index contributed by atoms with van der Waals surface area (Å²) < 4.78 is 28.7. The standard InChI is InChI=1S/C14H14BrF2N3O/c1-19-11-8-9(2-3-10(11)12(15)18-19)13(21)20-6-4-14(16,17)5-7-20/h2-3,8H,4-7H2,1H3. The molecule has 2 heterocycles. The quantitative estimate of drug-likeness (QED) is 0.785. The van der Waals surface area contributed by atoms with Crippen LogP contribution in [-0.4, -0.2) is 39.6 Å². The number of carbonyl (C=O) groups is 1. The first kappa shape index (κ1) is 14.4. The van der Waals surface area contributed by atoms with Crippen molar-refractivity contribution in [3.63, 3.8) is 0 Å². The van der Waals surface area contributed by atoms with Crippen LogP contribution in [0.2, 0.25) is 0 Å². The Hall–Kier alpha value is -1.50. The van der Waals surface area contributed by atoms with Crippen molar-refractivity contribution in [3.8, 4) is 0 Å². The van der Waals surface area contributed by atoms with Gasteiger partial charge in [0.05, 0.1) is 5.52 Å². The molecule has 1 aliphatic heterocycles. The van der Waals surface area contributed by atoms with Crippen molar-refractivity contribution in [1.82, 2.24) is 14.7 Å². The highest BCUT2D eigenvalue weighted by Gasteiger charge is 2.35. The summed E-state index contributed by atoms with van der Waals surface area (Å²) in [7, 11) is 1.79. The van der Waals surface area contributed by atoms with Crippen LogP contribution in [0.4, 0.5) is 8.78 Å². The van der Waals surface area contributed by atoms with Gasteiger partial charge < -0.3 is 4.90 Å². The van der Waals surface area contributed by atoms with E-state index in [1.54, 1.807) is 23.9 Å². The van der Waals surface area contributed by atoms with Crippen LogP contribution in [0.5, 0.6) is 0 Å². The topological polar surface area (TPSA) is 38.1 Å². The number of carbonyl (C=O) groups excluding carboxylic acids is 1. The number of fused-ring (bicyclic) bond motifs is 1. The van der Waals surface area contributed by atoms with Gasteiger partial charge in [0.1, 0.15) is 4.60 Å². The minimum absolute atomic E-state index is 0.0962. The highest BCUT2D eigenvalue weighted by Crippen LogP contribution is 2.29. The Kier molecular flexibility index (Phi) is 3.47. The first-order chi connectivity index (χ1) is 9.87. The predicted octanol–water partition coefficient (Wildman–Crippen LogP) is 3.21. The van der Waals surface area contributed by atoms with Crippen molar-refractivity contribution >= 4 is 32.7 Å². The van der Waals surface area contributed by atoms with Gasteiger partial charge in [0.2, 0.25) is 0 Å². The maximum atomic E-state index is 13.2. The monoisotopic (exact) mass is 357 g/mol. The molecule has 4 nitrogen and oxygen atoms in total. The second-order valence-electron chi connectivity index (χ2n) is 5.29. The number of piperidine rings is 1. The van der Waals surface area contributed by atoms with Gasteiger partial charge in [-0.15, -0.1) is 0 Å². The Morgan fingerprint density at radius 3 is 2.67 bits per heavy atom. The van der Waals surface area contributed by atoms with Gasteiger partial charge in [-0.2, -0.15) is 5.10 Å². The Morgan fingerprint density at radius 2 is 2.00 bits per heavy atom. The Bertz CT molecular complexity index is 704. The zero-order valence-corrected chi connectivity index (χ0v) is 13.0. The number of aryl methyl sites for hydroxylation is 1. The second kappa shape index (κ2) is 5.05. The van der Waals surface area contributed by atoms with Crippen LogP contribution in [0.25, 0.3) is 10.9 Å². The largest absolute Gasteiger partial charge is 0.338 e. The third kappa shape index (κ3) is 2.66. The number of hydrogen-bond donors (Lipinski definition) is 0. The van der Waals surface area contributed by atoms with Gasteiger partial charge in [0.25, 0.3) is 11.8 Å². The summed E-state index contributed by atoms with van der Waals surface area (Å²) in [5, 5.41) is 5.15. The molecule has 1 fully saturated rings. The molecule has 21 heavy (non-hydrogen) atoms. The van der Waals surface area contributed by atoms with Crippen molar-refractivity contribution in [1.29, 1.82) is 0 Å². The number of nitrogens with zero attached hydrogens (tertiary/aromatic N) is 3. The van der Waals surface area contributed by atoms with Gasteiger partial charge >= 0.3 is 0 Å². The lowest BCUT2D eigenvalue weighted by molar-refractivity contribution is -0.0494. The summed E-state index contributed by atoms with van der Waals surface area (Å²) in [6.45, 7) is 0.192. The summed E-state index contributed by atoms with van der Waals surface area (Å²) in [6.07, 6.45) is -0.531. The van der Waals surface area contributed by atoms with E-state index in [0.29, 0.717) is 5.56 Å². The Balaban J connectivity index is 1.87. The van der Waals surface area contributed by atoms with Gasteiger partial charge in [-0.3, -0.25) is 9.48 Å². The predicted molar refractivity (Wildman–Crippen MR) is 78.5 cm³/mol. The van der Waals surface area contributed by atoms with Crippen LogP contribution in [0.3, 0.4) is 0 Å². The molecule has 0 N–H and O–H groups in total. The molecule has 0 saturated carbocycles. The summed E-state index contributed by atoms with van der Waals surface area (Å²) in [5.74, 6) is -2.85. The molecule has 112 valence electrons. The normalized spacial score (nSPS) is 18.2. The number of halogens is 3. The second-order valence-corrected chi connectivity index (χ2v) is 6.05. The lowest BCUT2D eigenvalue weighted by atomic mass is 10.1. The van der Waals surface area contributed by atoms with Crippen LogP contribution in [-0.2, 0) is 7.05 Å². The fourth-order valence-electron chi connectivity index (χ4n) is 2.57. The van der Waals surface area contributed by atoms with Crippen molar-refractivity contribution < 1.29 is 13.6 Å². The van der Waals surface area contributed by atoms with Gasteiger partial charge in [0, 0.05) is 43.9 Å². The van der Waals surface area contributed by atoms with E-state index >= 15 is 0 Å². The first-order valence-corrected chi connectivity index (χ1v) is 7.46. The smallest absolute Gasteiger partial charge is 0.253 e. The molecule has 2 aromatic rings. The van der Waals surface area contributed by atoms with Crippen LogP contribution in [0.1, 0.15) is 23.2 Å². The number of amides is 1. The number of aromatic nitrogens is 2. The van der Waals surface area contributed by atoms with Crippen LogP contribution in [0, 0.1) is 0 Å². The number of alkyl halides is 2. The fourth-order valence-corrected chi connectivity index (χ4v) is 3.14. The van der Waals surface area contributed by atoms with Crippen LogP contribution >= 0.6 is 15.9 Å². The fraction of sp³-hybridized carbons (Fsp3) is 0.429. The van der Waals surface area contributed by atoms with Crippen molar-refractivity contribution in [2.24, 2.45) is 7.05 Å².